The van der Waals surface area contributed by atoms with Crippen molar-refractivity contribution in [1.29, 1.82) is 0 Å². The number of hydrogen-bond donors (Lipinski definition) is 1. The average Bonchev–Trinajstić information content (AvgIpc) is 2.29. The van der Waals surface area contributed by atoms with E-state index < -0.39 is 0 Å². The summed E-state index contributed by atoms with van der Waals surface area (Å²) in [7, 11) is 0. The van der Waals surface area contributed by atoms with Crippen LogP contribution < -0.4 is 0 Å². The van der Waals surface area contributed by atoms with Gasteiger partial charge in [-0.2, -0.15) is 0 Å². The first-order valence-electron chi connectivity index (χ1n) is 5.17. The Morgan fingerprint density at radius 2 is 1.87 bits per heavy atom. The Balaban J connectivity index is 0.000000423. The van der Waals surface area contributed by atoms with Crippen molar-refractivity contribution in [3.63, 3.8) is 0 Å². The van der Waals surface area contributed by atoms with Crippen LogP contribution in [-0.4, -0.2) is 11.7 Å². The second-order valence-electron chi connectivity index (χ2n) is 3.13. The fourth-order valence-electron chi connectivity index (χ4n) is 1.26. The molecule has 0 saturated heterocycles. The summed E-state index contributed by atoms with van der Waals surface area (Å²) in [6.07, 6.45) is 0.646. The largest absolute Gasteiger partial charge is 0.389 e. The Bertz CT molecular complexity index is 257. The summed E-state index contributed by atoms with van der Waals surface area (Å²) in [4.78, 5) is 3.29. The first-order valence-corrected chi connectivity index (χ1v) is 5.17. The van der Waals surface area contributed by atoms with E-state index in [-0.39, 0.29) is 12.7 Å². The van der Waals surface area contributed by atoms with Crippen LogP contribution in [0.15, 0.2) is 24.3 Å². The van der Waals surface area contributed by atoms with Gasteiger partial charge >= 0.3 is 0 Å². The summed E-state index contributed by atoms with van der Waals surface area (Å²) >= 11 is 0. The molecule has 85 valence electrons. The van der Waals surface area contributed by atoms with Crippen molar-refractivity contribution in [2.45, 2.75) is 33.3 Å². The van der Waals surface area contributed by atoms with Crippen LogP contribution in [-0.2, 0) is 16.6 Å². The summed E-state index contributed by atoms with van der Waals surface area (Å²) < 4.78 is 0. The first kappa shape index (κ1) is 14.1. The Kier molecular flexibility index (Phi) is 7.91. The van der Waals surface area contributed by atoms with Crippen LogP contribution in [0.2, 0.25) is 0 Å². The highest BCUT2D eigenvalue weighted by atomic mass is 17.1. The molecule has 1 radical (unpaired) electrons. The summed E-state index contributed by atoms with van der Waals surface area (Å²) in [6.45, 7) is 5.81. The molecule has 0 aliphatic rings. The smallest absolute Gasteiger partial charge is 0.0826 e. The van der Waals surface area contributed by atoms with Gasteiger partial charge < -0.3 is 5.11 Å². The zero-order valence-corrected chi connectivity index (χ0v) is 9.56. The third kappa shape index (κ3) is 5.52. The molecule has 1 N–H and O–H groups in total. The quantitative estimate of drug-likeness (QED) is 0.617. The summed E-state index contributed by atoms with van der Waals surface area (Å²) in [5.41, 5.74) is 2.29. The maximum Gasteiger partial charge on any atom is 0.0826 e. The molecule has 3 nitrogen and oxygen atoms in total. The molecule has 1 aromatic rings. The molecule has 3 heteroatoms. The highest BCUT2D eigenvalue weighted by molar-refractivity contribution is 5.28. The molecule has 0 spiro atoms. The number of benzene rings is 1. The van der Waals surface area contributed by atoms with Crippen molar-refractivity contribution < 1.29 is 15.3 Å². The van der Waals surface area contributed by atoms with Gasteiger partial charge in [-0.3, -0.25) is 0 Å². The lowest BCUT2D eigenvalue weighted by atomic mass is 10.0. The van der Waals surface area contributed by atoms with Crippen LogP contribution in [0.4, 0.5) is 0 Å². The maximum absolute atomic E-state index is 9.34. The Morgan fingerprint density at radius 3 is 2.20 bits per heavy atom. The molecule has 0 saturated carbocycles. The molecular weight excluding hydrogens is 192 g/mol. The van der Waals surface area contributed by atoms with Crippen molar-refractivity contribution in [2.75, 3.05) is 6.61 Å². The van der Waals surface area contributed by atoms with Gasteiger partial charge in [-0.15, -0.1) is 0 Å². The molecule has 1 atom stereocenters. The number of rotatable bonds is 3. The van der Waals surface area contributed by atoms with E-state index in [2.05, 4.69) is 17.9 Å². The second-order valence-corrected chi connectivity index (χ2v) is 3.13. The van der Waals surface area contributed by atoms with E-state index in [0.717, 1.165) is 12.0 Å². The van der Waals surface area contributed by atoms with E-state index in [1.807, 2.05) is 18.2 Å². The van der Waals surface area contributed by atoms with E-state index >= 15 is 0 Å². The Morgan fingerprint density at radius 1 is 1.33 bits per heavy atom. The second kappa shape index (κ2) is 8.41. The highest BCUT2D eigenvalue weighted by Gasteiger charge is 2.03. The molecule has 1 aromatic carbocycles. The molecule has 0 bridgehead atoms. The molecule has 0 aliphatic carbocycles. The number of hydrogen-bond acceptors (Lipinski definition) is 2. The van der Waals surface area contributed by atoms with Gasteiger partial charge in [0.2, 0.25) is 0 Å². The lowest BCUT2D eigenvalue weighted by Gasteiger charge is -2.09. The van der Waals surface area contributed by atoms with Gasteiger partial charge in [0, 0.05) is 0 Å². The molecule has 0 amide bonds. The summed E-state index contributed by atoms with van der Waals surface area (Å²) in [5.74, 6) is 0. The van der Waals surface area contributed by atoms with Crippen LogP contribution in [0.3, 0.4) is 0 Å². The standard InChI is InChI=1S/C10H14O.C2H5O2/c1-3-9-6-4-5-7-10(9)8(2)11;1-2-4-3/h4-8,11H,3H2,1-2H3;2H2,1H3. The van der Waals surface area contributed by atoms with Crippen molar-refractivity contribution in [3.8, 4) is 0 Å². The van der Waals surface area contributed by atoms with Crippen LogP contribution in [0.1, 0.15) is 38.0 Å². The number of aryl methyl sites for hydroxylation is 1. The SMILES string of the molecule is CCO[O].CCc1ccccc1C(C)O. The monoisotopic (exact) mass is 211 g/mol. The van der Waals surface area contributed by atoms with Crippen LogP contribution in [0.5, 0.6) is 0 Å². The zero-order valence-electron chi connectivity index (χ0n) is 9.56. The fraction of sp³-hybridized carbons (Fsp3) is 0.500. The van der Waals surface area contributed by atoms with Crippen LogP contribution in [0, 0.1) is 0 Å². The lowest BCUT2D eigenvalue weighted by molar-refractivity contribution is -0.299. The summed E-state index contributed by atoms with van der Waals surface area (Å²) in [5, 5.41) is 18.1. The van der Waals surface area contributed by atoms with Crippen molar-refractivity contribution in [1.82, 2.24) is 0 Å². The third-order valence-corrected chi connectivity index (χ3v) is 2.00. The fourth-order valence-corrected chi connectivity index (χ4v) is 1.26. The lowest BCUT2D eigenvalue weighted by Crippen LogP contribution is -1.96. The minimum Gasteiger partial charge on any atom is -0.389 e. The van der Waals surface area contributed by atoms with E-state index in [4.69, 9.17) is 5.26 Å². The maximum atomic E-state index is 9.34. The Hall–Kier alpha value is -0.900. The van der Waals surface area contributed by atoms with E-state index in [1.54, 1.807) is 13.8 Å². The first-order chi connectivity index (χ1) is 7.17. The van der Waals surface area contributed by atoms with Crippen molar-refractivity contribution in [3.05, 3.63) is 35.4 Å². The zero-order chi connectivity index (χ0) is 11.7. The Labute approximate surface area is 91.3 Å². The molecule has 15 heavy (non-hydrogen) atoms. The van der Waals surface area contributed by atoms with E-state index in [1.165, 1.54) is 5.56 Å². The van der Waals surface area contributed by atoms with Crippen LogP contribution in [0.25, 0.3) is 0 Å². The van der Waals surface area contributed by atoms with Crippen molar-refractivity contribution >= 4 is 0 Å². The van der Waals surface area contributed by atoms with E-state index in [9.17, 15) is 5.11 Å². The van der Waals surface area contributed by atoms with Gasteiger partial charge in [-0.1, -0.05) is 31.2 Å². The highest BCUT2D eigenvalue weighted by Crippen LogP contribution is 2.17. The van der Waals surface area contributed by atoms with Gasteiger partial charge in [0.15, 0.2) is 0 Å². The van der Waals surface area contributed by atoms with Crippen molar-refractivity contribution in [2.24, 2.45) is 0 Å². The topological polar surface area (TPSA) is 49.4 Å². The minimum absolute atomic E-state index is 0.264. The molecular formula is C12H19O3. The average molecular weight is 211 g/mol. The molecule has 1 unspecified atom stereocenters. The van der Waals surface area contributed by atoms with Gasteiger partial charge in [-0.25, -0.2) is 4.89 Å². The molecule has 0 fully saturated rings. The number of aliphatic hydroxyl groups excluding tert-OH is 1. The minimum atomic E-state index is -0.342. The normalized spacial score (nSPS) is 11.5. The van der Waals surface area contributed by atoms with Gasteiger partial charge in [0.25, 0.3) is 0 Å². The third-order valence-electron chi connectivity index (χ3n) is 2.00. The van der Waals surface area contributed by atoms with Gasteiger partial charge in [0.1, 0.15) is 0 Å². The molecule has 1 rings (SSSR count). The predicted octanol–water partition coefficient (Wildman–Crippen LogP) is 2.67. The summed E-state index contributed by atoms with van der Waals surface area (Å²) in [6, 6.07) is 8.00. The predicted molar refractivity (Wildman–Crippen MR) is 58.8 cm³/mol. The van der Waals surface area contributed by atoms with Gasteiger partial charge in [-0.05, 0) is 36.7 Å². The van der Waals surface area contributed by atoms with E-state index in [0.29, 0.717) is 0 Å². The molecule has 0 aliphatic heterocycles. The number of aliphatic hydroxyl groups is 1. The van der Waals surface area contributed by atoms with Crippen LogP contribution >= 0.6 is 0 Å². The molecule has 0 aromatic heterocycles. The van der Waals surface area contributed by atoms with Gasteiger partial charge in [0.05, 0.1) is 12.7 Å². The molecule has 0 heterocycles.